The van der Waals surface area contributed by atoms with Crippen molar-refractivity contribution in [3.05, 3.63) is 34.1 Å². The van der Waals surface area contributed by atoms with Gasteiger partial charge in [0, 0.05) is 19.0 Å². The van der Waals surface area contributed by atoms with E-state index in [0.29, 0.717) is 0 Å². The molecule has 0 spiro atoms. The highest BCUT2D eigenvalue weighted by Crippen LogP contribution is 2.25. The van der Waals surface area contributed by atoms with E-state index >= 15 is 0 Å². The fourth-order valence-electron chi connectivity index (χ4n) is 1.32. The molecule has 0 bridgehead atoms. The van der Waals surface area contributed by atoms with Crippen molar-refractivity contribution in [2.24, 2.45) is 0 Å². The second-order valence-corrected chi connectivity index (χ2v) is 4.45. The van der Waals surface area contributed by atoms with Crippen LogP contribution in [-0.4, -0.2) is 28.8 Å². The smallest absolute Gasteiger partial charge is 0.216 e. The molecule has 0 saturated carbocycles. The molecule has 1 rings (SSSR count). The van der Waals surface area contributed by atoms with Gasteiger partial charge in [-0.25, -0.2) is 4.39 Å². The number of nitrogens with one attached hydrogen (secondary N) is 1. The Hall–Kier alpha value is -0.980. The van der Waals surface area contributed by atoms with Gasteiger partial charge < -0.3 is 15.5 Å². The highest BCUT2D eigenvalue weighted by molar-refractivity contribution is 9.10. The Morgan fingerprint density at radius 2 is 2.18 bits per heavy atom. The highest BCUT2D eigenvalue weighted by Gasteiger charge is 2.22. The average molecular weight is 306 g/mol. The Morgan fingerprint density at radius 3 is 2.76 bits per heavy atom. The van der Waals surface area contributed by atoms with E-state index in [0.717, 1.165) is 0 Å². The third-order valence-corrected chi connectivity index (χ3v) is 2.84. The summed E-state index contributed by atoms with van der Waals surface area (Å²) in [5.74, 6) is -0.951. The molecule has 94 valence electrons. The normalized spacial score (nSPS) is 14.2. The first-order chi connectivity index (χ1) is 7.93. The highest BCUT2D eigenvalue weighted by atomic mass is 79.9. The molecule has 4 nitrogen and oxygen atoms in total. The number of aliphatic hydroxyl groups is 2. The number of halogens is 2. The van der Waals surface area contributed by atoms with E-state index in [4.69, 9.17) is 0 Å². The van der Waals surface area contributed by atoms with E-state index in [1.807, 2.05) is 0 Å². The Bertz CT molecular complexity index is 414. The molecule has 6 heteroatoms. The van der Waals surface area contributed by atoms with Crippen LogP contribution in [0.1, 0.15) is 18.6 Å². The van der Waals surface area contributed by atoms with Crippen molar-refractivity contribution in [2.45, 2.75) is 19.1 Å². The van der Waals surface area contributed by atoms with Crippen LogP contribution in [0.3, 0.4) is 0 Å². The zero-order chi connectivity index (χ0) is 13.0. The minimum Gasteiger partial charge on any atom is -0.388 e. The standard InChI is InChI=1S/C11H13BrFNO3/c1-6(15)14-5-9(16)11(17)7-3-2-4-8(12)10(7)13/h2-4,9,11,16-17H,5H2,1H3,(H,14,15). The second kappa shape index (κ2) is 6.09. The predicted octanol–water partition coefficient (Wildman–Crippen LogP) is 1.12. The van der Waals surface area contributed by atoms with E-state index < -0.39 is 18.0 Å². The fourth-order valence-corrected chi connectivity index (χ4v) is 1.70. The van der Waals surface area contributed by atoms with Crippen molar-refractivity contribution < 1.29 is 19.4 Å². The molecule has 3 N–H and O–H groups in total. The molecule has 2 atom stereocenters. The Labute approximate surface area is 107 Å². The number of amides is 1. The van der Waals surface area contributed by atoms with Crippen molar-refractivity contribution in [2.75, 3.05) is 6.54 Å². The molecule has 0 saturated heterocycles. The Balaban J connectivity index is 2.77. The third-order valence-electron chi connectivity index (χ3n) is 2.22. The topological polar surface area (TPSA) is 69.6 Å². The number of carbonyl (C=O) groups is 1. The summed E-state index contributed by atoms with van der Waals surface area (Å²) in [7, 11) is 0. The monoisotopic (exact) mass is 305 g/mol. The molecule has 1 amide bonds. The van der Waals surface area contributed by atoms with Gasteiger partial charge in [-0.2, -0.15) is 0 Å². The zero-order valence-corrected chi connectivity index (χ0v) is 10.7. The quantitative estimate of drug-likeness (QED) is 0.781. The molecule has 2 unspecified atom stereocenters. The van der Waals surface area contributed by atoms with Crippen LogP contribution in [0.25, 0.3) is 0 Å². The largest absolute Gasteiger partial charge is 0.388 e. The molecule has 0 aliphatic rings. The first-order valence-corrected chi connectivity index (χ1v) is 5.77. The van der Waals surface area contributed by atoms with Crippen LogP contribution in [0.5, 0.6) is 0 Å². The molecule has 0 fully saturated rings. The summed E-state index contributed by atoms with van der Waals surface area (Å²) < 4.78 is 13.8. The molecule has 0 heterocycles. The molecule has 0 aromatic heterocycles. The zero-order valence-electron chi connectivity index (χ0n) is 9.15. The summed E-state index contributed by atoms with van der Waals surface area (Å²) in [6.45, 7) is 1.15. The van der Waals surface area contributed by atoms with Gasteiger partial charge >= 0.3 is 0 Å². The minimum atomic E-state index is -1.39. The summed E-state index contributed by atoms with van der Waals surface area (Å²) in [5.41, 5.74) is -0.0165. The molecule has 17 heavy (non-hydrogen) atoms. The lowest BCUT2D eigenvalue weighted by Crippen LogP contribution is -2.34. The van der Waals surface area contributed by atoms with Gasteiger partial charge in [0.1, 0.15) is 18.0 Å². The van der Waals surface area contributed by atoms with Crippen molar-refractivity contribution in [3.63, 3.8) is 0 Å². The van der Waals surface area contributed by atoms with Gasteiger partial charge in [-0.3, -0.25) is 4.79 Å². The maximum Gasteiger partial charge on any atom is 0.216 e. The average Bonchev–Trinajstić information content (AvgIpc) is 2.28. The summed E-state index contributed by atoms with van der Waals surface area (Å²) in [5, 5.41) is 21.7. The summed E-state index contributed by atoms with van der Waals surface area (Å²) in [4.78, 5) is 10.6. The number of hydrogen-bond acceptors (Lipinski definition) is 3. The first-order valence-electron chi connectivity index (χ1n) is 4.98. The van der Waals surface area contributed by atoms with E-state index in [2.05, 4.69) is 21.2 Å². The predicted molar refractivity (Wildman–Crippen MR) is 63.8 cm³/mol. The van der Waals surface area contributed by atoms with Crippen molar-refractivity contribution in [3.8, 4) is 0 Å². The molecular formula is C11H13BrFNO3. The SMILES string of the molecule is CC(=O)NCC(O)C(O)c1cccc(Br)c1F. The molecule has 1 aromatic carbocycles. The summed E-state index contributed by atoms with van der Waals surface area (Å²) in [6.07, 6.45) is -2.65. The number of hydrogen-bond donors (Lipinski definition) is 3. The van der Waals surface area contributed by atoms with E-state index in [-0.39, 0.29) is 22.5 Å². The van der Waals surface area contributed by atoms with Crippen LogP contribution in [0, 0.1) is 5.82 Å². The number of carbonyl (C=O) groups excluding carboxylic acids is 1. The van der Waals surface area contributed by atoms with Crippen molar-refractivity contribution >= 4 is 21.8 Å². The molecule has 0 aliphatic carbocycles. The number of benzene rings is 1. The van der Waals surface area contributed by atoms with E-state index in [1.165, 1.54) is 19.1 Å². The van der Waals surface area contributed by atoms with Crippen molar-refractivity contribution in [1.82, 2.24) is 5.32 Å². The molecule has 0 aliphatic heterocycles. The summed E-state index contributed by atoms with van der Waals surface area (Å²) in [6, 6.07) is 4.42. The molecule has 0 radical (unpaired) electrons. The maximum atomic E-state index is 13.6. The van der Waals surface area contributed by atoms with Gasteiger partial charge in [0.2, 0.25) is 5.91 Å². The molecular weight excluding hydrogens is 293 g/mol. The fraction of sp³-hybridized carbons (Fsp3) is 0.364. The lowest BCUT2D eigenvalue weighted by atomic mass is 10.0. The lowest BCUT2D eigenvalue weighted by Gasteiger charge is -2.19. The van der Waals surface area contributed by atoms with Crippen molar-refractivity contribution in [1.29, 1.82) is 0 Å². The van der Waals surface area contributed by atoms with Gasteiger partial charge in [0.15, 0.2) is 0 Å². The molecule has 1 aromatic rings. The van der Waals surface area contributed by atoms with Crippen LogP contribution in [0.2, 0.25) is 0 Å². The van der Waals surface area contributed by atoms with Crippen LogP contribution >= 0.6 is 15.9 Å². The van der Waals surface area contributed by atoms with Gasteiger partial charge in [0.25, 0.3) is 0 Å². The van der Waals surface area contributed by atoms with Gasteiger partial charge in [0.05, 0.1) is 4.47 Å². The Morgan fingerprint density at radius 1 is 1.53 bits per heavy atom. The van der Waals surface area contributed by atoms with Crippen LogP contribution < -0.4 is 5.32 Å². The lowest BCUT2D eigenvalue weighted by molar-refractivity contribution is -0.119. The van der Waals surface area contributed by atoms with Gasteiger partial charge in [-0.15, -0.1) is 0 Å². The minimum absolute atomic E-state index is 0.0165. The second-order valence-electron chi connectivity index (χ2n) is 3.59. The van der Waals surface area contributed by atoms with Gasteiger partial charge in [-0.05, 0) is 22.0 Å². The van der Waals surface area contributed by atoms with E-state index in [9.17, 15) is 19.4 Å². The Kier molecular flexibility index (Phi) is 5.04. The summed E-state index contributed by atoms with van der Waals surface area (Å²) >= 11 is 2.99. The third kappa shape index (κ3) is 3.76. The number of aliphatic hydroxyl groups excluding tert-OH is 2. The van der Waals surface area contributed by atoms with Gasteiger partial charge in [-0.1, -0.05) is 12.1 Å². The number of rotatable bonds is 4. The van der Waals surface area contributed by atoms with Crippen LogP contribution in [0.15, 0.2) is 22.7 Å². The first kappa shape index (κ1) is 14.1. The van der Waals surface area contributed by atoms with Crippen LogP contribution in [0.4, 0.5) is 4.39 Å². The maximum absolute atomic E-state index is 13.6. The van der Waals surface area contributed by atoms with Crippen LogP contribution in [-0.2, 0) is 4.79 Å². The van der Waals surface area contributed by atoms with E-state index in [1.54, 1.807) is 6.07 Å².